The van der Waals surface area contributed by atoms with Crippen molar-refractivity contribution >= 4 is 5.97 Å². The minimum absolute atomic E-state index is 0.217. The zero-order valence-corrected chi connectivity index (χ0v) is 8.26. The van der Waals surface area contributed by atoms with E-state index in [1.807, 2.05) is 6.92 Å². The summed E-state index contributed by atoms with van der Waals surface area (Å²) in [6.07, 6.45) is 1.23. The van der Waals surface area contributed by atoms with E-state index < -0.39 is 5.97 Å². The molecule has 0 bridgehead atoms. The van der Waals surface area contributed by atoms with E-state index in [1.54, 1.807) is 0 Å². The van der Waals surface area contributed by atoms with E-state index in [-0.39, 0.29) is 17.8 Å². The molecule has 0 fully saturated rings. The van der Waals surface area contributed by atoms with Crippen LogP contribution in [0.1, 0.15) is 40.5 Å². The molecule has 3 nitrogen and oxygen atoms in total. The van der Waals surface area contributed by atoms with Crippen molar-refractivity contribution in [3.05, 3.63) is 0 Å². The molecule has 72 valence electrons. The van der Waals surface area contributed by atoms with Gasteiger partial charge in [-0.25, -0.2) is 4.79 Å². The second-order valence-corrected chi connectivity index (χ2v) is 4.54. The molecule has 1 atom stereocenters. The first kappa shape index (κ1) is 11.4. The fourth-order valence-electron chi connectivity index (χ4n) is 1.44. The molecule has 3 heteroatoms. The van der Waals surface area contributed by atoms with Crippen LogP contribution in [0.3, 0.4) is 0 Å². The van der Waals surface area contributed by atoms with Gasteiger partial charge in [0, 0.05) is 0 Å². The number of hydrogen-bond acceptors (Lipinski definition) is 3. The van der Waals surface area contributed by atoms with Gasteiger partial charge >= 0.3 is 5.97 Å². The maximum Gasteiger partial charge on any atom is 0.342 e. The highest BCUT2D eigenvalue weighted by molar-refractivity contribution is 5.68. The molecule has 0 spiro atoms. The zero-order valence-electron chi connectivity index (χ0n) is 8.26. The van der Waals surface area contributed by atoms with E-state index in [0.717, 1.165) is 6.42 Å². The molecule has 0 radical (unpaired) electrons. The smallest absolute Gasteiger partial charge is 0.301 e. The molecule has 0 saturated heterocycles. The van der Waals surface area contributed by atoms with Gasteiger partial charge in [0.2, 0.25) is 0 Å². The molecular weight excluding hydrogens is 156 g/mol. The molecule has 0 aliphatic heterocycles. The average molecular weight is 174 g/mol. The average Bonchev–Trinajstić information content (AvgIpc) is 1.82. The number of carbonyl (C=O) groups excluding carboxylic acids is 1. The van der Waals surface area contributed by atoms with Crippen LogP contribution in [0.2, 0.25) is 0 Å². The van der Waals surface area contributed by atoms with Crippen molar-refractivity contribution in [3.8, 4) is 0 Å². The summed E-state index contributed by atoms with van der Waals surface area (Å²) < 4.78 is 0. The lowest BCUT2D eigenvalue weighted by atomic mass is 9.84. The fraction of sp³-hybridized carbons (Fsp3) is 0.889. The normalized spacial score (nSPS) is 14.1. The molecule has 0 aromatic heterocycles. The number of carbonyl (C=O) groups is 1. The summed E-state index contributed by atoms with van der Waals surface area (Å²) in [7, 11) is 0. The van der Waals surface area contributed by atoms with Gasteiger partial charge in [0.25, 0.3) is 0 Å². The molecule has 0 aliphatic carbocycles. The van der Waals surface area contributed by atoms with Crippen LogP contribution in [-0.2, 0) is 9.68 Å². The summed E-state index contributed by atoms with van der Waals surface area (Å²) in [5.41, 5.74) is 0.217. The lowest BCUT2D eigenvalue weighted by Crippen LogP contribution is -2.14. The van der Waals surface area contributed by atoms with E-state index in [9.17, 15) is 4.79 Å². The van der Waals surface area contributed by atoms with Gasteiger partial charge in [-0.3, -0.25) is 0 Å². The van der Waals surface area contributed by atoms with Gasteiger partial charge in [-0.1, -0.05) is 27.7 Å². The molecule has 1 N–H and O–H groups in total. The Hall–Kier alpha value is -0.570. The fourth-order valence-corrected chi connectivity index (χ4v) is 1.44. The minimum atomic E-state index is -0.549. The largest absolute Gasteiger partial charge is 0.342 e. The predicted octanol–water partition coefficient (Wildman–Crippen LogP) is 2.47. The van der Waals surface area contributed by atoms with Crippen molar-refractivity contribution in [2.75, 3.05) is 0 Å². The lowest BCUT2D eigenvalue weighted by molar-refractivity contribution is -0.235. The summed E-state index contributed by atoms with van der Waals surface area (Å²) in [5, 5.41) is 8.03. The number of rotatable bonds is 3. The molecule has 0 aromatic carbocycles. The van der Waals surface area contributed by atoms with Crippen molar-refractivity contribution in [2.24, 2.45) is 11.3 Å². The Morgan fingerprint density at radius 1 is 1.50 bits per heavy atom. The zero-order chi connectivity index (χ0) is 9.78. The third kappa shape index (κ3) is 6.16. The third-order valence-corrected chi connectivity index (χ3v) is 1.58. The monoisotopic (exact) mass is 174 g/mol. The molecular formula is C9H18O3. The highest BCUT2D eigenvalue weighted by Crippen LogP contribution is 2.25. The van der Waals surface area contributed by atoms with Crippen molar-refractivity contribution < 1.29 is 14.9 Å². The first-order valence-electron chi connectivity index (χ1n) is 4.19. The third-order valence-electron chi connectivity index (χ3n) is 1.58. The maximum absolute atomic E-state index is 10.6. The van der Waals surface area contributed by atoms with Gasteiger partial charge in [-0.2, -0.15) is 5.26 Å². The van der Waals surface area contributed by atoms with Gasteiger partial charge in [-0.15, -0.1) is 0 Å². The van der Waals surface area contributed by atoms with E-state index in [0.29, 0.717) is 0 Å². The quantitative estimate of drug-likeness (QED) is 0.528. The Bertz CT molecular complexity index is 146. The molecule has 0 heterocycles. The summed E-state index contributed by atoms with van der Waals surface area (Å²) in [5.74, 6) is -0.295. The van der Waals surface area contributed by atoms with Crippen LogP contribution in [0.15, 0.2) is 0 Å². The summed E-state index contributed by atoms with van der Waals surface area (Å²) >= 11 is 0. The van der Waals surface area contributed by atoms with Crippen molar-refractivity contribution in [3.63, 3.8) is 0 Å². The predicted molar refractivity (Wildman–Crippen MR) is 46.6 cm³/mol. The Morgan fingerprint density at radius 3 is 2.33 bits per heavy atom. The lowest BCUT2D eigenvalue weighted by Gasteiger charge is -2.21. The maximum atomic E-state index is 10.6. The molecule has 0 aromatic rings. The van der Waals surface area contributed by atoms with E-state index in [2.05, 4.69) is 25.7 Å². The molecule has 12 heavy (non-hydrogen) atoms. The summed E-state index contributed by atoms with van der Waals surface area (Å²) in [4.78, 5) is 14.2. The Balaban J connectivity index is 3.74. The first-order chi connectivity index (χ1) is 5.35. The van der Waals surface area contributed by atoms with E-state index in [4.69, 9.17) is 5.26 Å². The topological polar surface area (TPSA) is 46.5 Å². The van der Waals surface area contributed by atoms with Gasteiger partial charge in [0.15, 0.2) is 0 Å². The number of hydrogen-bond donors (Lipinski definition) is 1. The van der Waals surface area contributed by atoms with Crippen LogP contribution < -0.4 is 0 Å². The van der Waals surface area contributed by atoms with Gasteiger partial charge in [0.1, 0.15) is 0 Å². The van der Waals surface area contributed by atoms with Crippen molar-refractivity contribution in [1.82, 2.24) is 0 Å². The summed E-state index contributed by atoms with van der Waals surface area (Å²) in [6, 6.07) is 0. The van der Waals surface area contributed by atoms with Crippen LogP contribution in [0.25, 0.3) is 0 Å². The molecule has 0 amide bonds. The molecule has 0 aliphatic rings. The molecule has 0 rings (SSSR count). The minimum Gasteiger partial charge on any atom is -0.301 e. The Labute approximate surface area is 73.7 Å². The second-order valence-electron chi connectivity index (χ2n) is 4.54. The van der Waals surface area contributed by atoms with Crippen LogP contribution in [0.5, 0.6) is 0 Å². The van der Waals surface area contributed by atoms with Crippen LogP contribution in [0, 0.1) is 11.3 Å². The highest BCUT2D eigenvalue weighted by Gasteiger charge is 2.18. The Morgan fingerprint density at radius 2 is 2.00 bits per heavy atom. The first-order valence-corrected chi connectivity index (χ1v) is 4.19. The van der Waals surface area contributed by atoms with Crippen LogP contribution >= 0.6 is 0 Å². The van der Waals surface area contributed by atoms with Crippen molar-refractivity contribution in [1.29, 1.82) is 0 Å². The van der Waals surface area contributed by atoms with E-state index >= 15 is 0 Å². The van der Waals surface area contributed by atoms with Gasteiger partial charge < -0.3 is 4.89 Å². The highest BCUT2D eigenvalue weighted by atomic mass is 17.1. The summed E-state index contributed by atoms with van der Waals surface area (Å²) in [6.45, 7) is 8.33. The van der Waals surface area contributed by atoms with Crippen molar-refractivity contribution in [2.45, 2.75) is 40.5 Å². The SMILES string of the molecule is CC(CC(=O)OO)CC(C)(C)C. The Kier molecular flexibility index (Phi) is 4.24. The standard InChI is InChI=1S/C9H18O3/c1-7(5-8(10)12-11)6-9(2,3)4/h7,11H,5-6H2,1-4H3. The van der Waals surface area contributed by atoms with Crippen LogP contribution in [-0.4, -0.2) is 11.2 Å². The molecule has 1 unspecified atom stereocenters. The second kappa shape index (κ2) is 4.45. The van der Waals surface area contributed by atoms with E-state index in [1.165, 1.54) is 0 Å². The van der Waals surface area contributed by atoms with Gasteiger partial charge in [0.05, 0.1) is 6.42 Å². The molecule has 0 saturated carbocycles. The van der Waals surface area contributed by atoms with Gasteiger partial charge in [-0.05, 0) is 17.8 Å². The van der Waals surface area contributed by atoms with Crippen LogP contribution in [0.4, 0.5) is 0 Å².